The molecular formula is C18H22Cl2N2O2S. The zero-order valence-corrected chi connectivity index (χ0v) is 17.1. The number of halogens is 2. The van der Waals surface area contributed by atoms with Gasteiger partial charge < -0.3 is 9.42 Å². The maximum Gasteiger partial charge on any atom is 0.233 e. The Kier molecular flexibility index (Phi) is 7.23. The number of aryl methyl sites for hydroxylation is 2. The fraction of sp³-hybridized carbons (Fsp3) is 0.444. The minimum absolute atomic E-state index is 0.0952. The number of rotatable bonds is 7. The van der Waals surface area contributed by atoms with Crippen LogP contribution in [-0.2, 0) is 17.1 Å². The summed E-state index contributed by atoms with van der Waals surface area (Å²) in [4.78, 5) is 14.5. The number of nitrogens with zero attached hydrogens (tertiary/aromatic N) is 2. The summed E-state index contributed by atoms with van der Waals surface area (Å²) in [6.45, 7) is 8.34. The first kappa shape index (κ1) is 20.1. The number of amides is 1. The number of benzene rings is 1. The van der Waals surface area contributed by atoms with Gasteiger partial charge in [0.05, 0.1) is 21.5 Å². The van der Waals surface area contributed by atoms with Crippen LogP contribution in [0.25, 0.3) is 0 Å². The average molecular weight is 401 g/mol. The standard InChI is InChI=1S/C18H22Cl2N2O2S/c1-11(2)22(8-14-5-6-16(19)17(20)7-14)18(23)10-25-9-15-12(3)21-24-13(15)4/h5-7,11H,8-10H2,1-4H3. The molecule has 4 nitrogen and oxygen atoms in total. The third-order valence-corrected chi connectivity index (χ3v) is 5.62. The number of carbonyl (C=O) groups excluding carboxylic acids is 1. The van der Waals surface area contributed by atoms with E-state index in [2.05, 4.69) is 5.16 Å². The molecule has 1 aromatic carbocycles. The van der Waals surface area contributed by atoms with Crippen LogP contribution in [0.15, 0.2) is 22.7 Å². The van der Waals surface area contributed by atoms with Crippen LogP contribution in [0.2, 0.25) is 10.0 Å². The predicted octanol–water partition coefficient (Wildman–Crippen LogP) is 5.27. The molecule has 7 heteroatoms. The molecule has 136 valence electrons. The molecule has 1 heterocycles. The van der Waals surface area contributed by atoms with E-state index in [-0.39, 0.29) is 11.9 Å². The molecule has 0 aliphatic heterocycles. The summed E-state index contributed by atoms with van der Waals surface area (Å²) in [6.07, 6.45) is 0. The van der Waals surface area contributed by atoms with Crippen molar-refractivity contribution in [1.82, 2.24) is 10.1 Å². The summed E-state index contributed by atoms with van der Waals surface area (Å²) in [5.41, 5.74) is 2.92. The smallest absolute Gasteiger partial charge is 0.233 e. The van der Waals surface area contributed by atoms with Crippen molar-refractivity contribution >= 4 is 40.9 Å². The van der Waals surface area contributed by atoms with Crippen molar-refractivity contribution in [1.29, 1.82) is 0 Å². The second kappa shape index (κ2) is 8.97. The summed E-state index contributed by atoms with van der Waals surface area (Å²) in [5.74, 6) is 2.03. The second-order valence-electron chi connectivity index (χ2n) is 6.16. The fourth-order valence-corrected chi connectivity index (χ4v) is 3.80. The van der Waals surface area contributed by atoms with Gasteiger partial charge >= 0.3 is 0 Å². The van der Waals surface area contributed by atoms with Crippen LogP contribution < -0.4 is 0 Å². The van der Waals surface area contributed by atoms with Gasteiger partial charge in [0.15, 0.2) is 0 Å². The molecule has 0 saturated heterocycles. The highest BCUT2D eigenvalue weighted by molar-refractivity contribution is 7.99. The topological polar surface area (TPSA) is 46.3 Å². The van der Waals surface area contributed by atoms with Crippen LogP contribution in [0.5, 0.6) is 0 Å². The normalized spacial score (nSPS) is 11.2. The van der Waals surface area contributed by atoms with Gasteiger partial charge in [0.1, 0.15) is 5.76 Å². The first-order chi connectivity index (χ1) is 11.8. The van der Waals surface area contributed by atoms with Crippen LogP contribution in [0, 0.1) is 13.8 Å². The van der Waals surface area contributed by atoms with E-state index in [1.54, 1.807) is 17.8 Å². The minimum atomic E-state index is 0.0952. The maximum atomic E-state index is 12.6. The lowest BCUT2D eigenvalue weighted by atomic mass is 10.2. The van der Waals surface area contributed by atoms with Gasteiger partial charge in [-0.2, -0.15) is 0 Å². The first-order valence-electron chi connectivity index (χ1n) is 8.02. The van der Waals surface area contributed by atoms with Gasteiger partial charge in [-0.25, -0.2) is 0 Å². The molecule has 0 spiro atoms. The van der Waals surface area contributed by atoms with Crippen LogP contribution >= 0.6 is 35.0 Å². The maximum absolute atomic E-state index is 12.6. The Morgan fingerprint density at radius 2 is 2.00 bits per heavy atom. The molecule has 0 N–H and O–H groups in total. The van der Waals surface area contributed by atoms with Crippen molar-refractivity contribution in [3.63, 3.8) is 0 Å². The van der Waals surface area contributed by atoms with Gasteiger partial charge in [0, 0.05) is 23.9 Å². The Balaban J connectivity index is 1.96. The summed E-state index contributed by atoms with van der Waals surface area (Å²) >= 11 is 13.6. The molecule has 1 aromatic heterocycles. The van der Waals surface area contributed by atoms with Crippen molar-refractivity contribution in [3.8, 4) is 0 Å². The number of carbonyl (C=O) groups is 1. The van der Waals surface area contributed by atoms with E-state index in [9.17, 15) is 4.79 Å². The van der Waals surface area contributed by atoms with E-state index in [1.165, 1.54) is 0 Å². The molecule has 0 fully saturated rings. The summed E-state index contributed by atoms with van der Waals surface area (Å²) in [5, 5.41) is 4.96. The van der Waals surface area contributed by atoms with E-state index in [0.717, 1.165) is 22.6 Å². The molecule has 0 unspecified atom stereocenters. The highest BCUT2D eigenvalue weighted by Crippen LogP contribution is 2.24. The quantitative estimate of drug-likeness (QED) is 0.634. The molecule has 2 rings (SSSR count). The van der Waals surface area contributed by atoms with Gasteiger partial charge in [-0.15, -0.1) is 11.8 Å². The average Bonchev–Trinajstić information content (AvgIpc) is 2.87. The molecule has 0 aliphatic carbocycles. The van der Waals surface area contributed by atoms with Gasteiger partial charge in [-0.3, -0.25) is 4.79 Å². The fourth-order valence-electron chi connectivity index (χ4n) is 2.42. The predicted molar refractivity (Wildman–Crippen MR) is 104 cm³/mol. The van der Waals surface area contributed by atoms with Crippen molar-refractivity contribution in [3.05, 3.63) is 50.8 Å². The lowest BCUT2D eigenvalue weighted by Crippen LogP contribution is -2.37. The molecule has 0 radical (unpaired) electrons. The number of hydrogen-bond donors (Lipinski definition) is 0. The van der Waals surface area contributed by atoms with Crippen molar-refractivity contribution in [2.24, 2.45) is 0 Å². The summed E-state index contributed by atoms with van der Waals surface area (Å²) in [7, 11) is 0. The van der Waals surface area contributed by atoms with Gasteiger partial charge in [0.2, 0.25) is 5.91 Å². The van der Waals surface area contributed by atoms with E-state index in [0.29, 0.717) is 28.1 Å². The summed E-state index contributed by atoms with van der Waals surface area (Å²) < 4.78 is 5.16. The highest BCUT2D eigenvalue weighted by Gasteiger charge is 2.18. The molecule has 2 aromatic rings. The Bertz CT molecular complexity index is 727. The molecule has 25 heavy (non-hydrogen) atoms. The zero-order chi connectivity index (χ0) is 18.6. The molecule has 0 bridgehead atoms. The van der Waals surface area contributed by atoms with Gasteiger partial charge in [-0.05, 0) is 45.4 Å². The SMILES string of the molecule is Cc1noc(C)c1CSCC(=O)N(Cc1ccc(Cl)c(Cl)c1)C(C)C. The number of aromatic nitrogens is 1. The second-order valence-corrected chi connectivity index (χ2v) is 7.96. The van der Waals surface area contributed by atoms with Gasteiger partial charge in [-0.1, -0.05) is 34.4 Å². The monoisotopic (exact) mass is 400 g/mol. The Hall–Kier alpha value is -1.17. The Labute approximate surface area is 162 Å². The van der Waals surface area contributed by atoms with Crippen LogP contribution in [0.1, 0.15) is 36.4 Å². The van der Waals surface area contributed by atoms with Crippen LogP contribution in [0.3, 0.4) is 0 Å². The van der Waals surface area contributed by atoms with E-state index in [4.69, 9.17) is 27.7 Å². The molecular weight excluding hydrogens is 379 g/mol. The number of thioether (sulfide) groups is 1. The Morgan fingerprint density at radius 1 is 1.28 bits per heavy atom. The minimum Gasteiger partial charge on any atom is -0.361 e. The third-order valence-electron chi connectivity index (χ3n) is 3.93. The third kappa shape index (κ3) is 5.40. The van der Waals surface area contributed by atoms with E-state index >= 15 is 0 Å². The lowest BCUT2D eigenvalue weighted by molar-refractivity contribution is -0.130. The van der Waals surface area contributed by atoms with E-state index < -0.39 is 0 Å². The Morgan fingerprint density at radius 3 is 2.56 bits per heavy atom. The molecule has 0 atom stereocenters. The molecule has 1 amide bonds. The zero-order valence-electron chi connectivity index (χ0n) is 14.8. The van der Waals surface area contributed by atoms with E-state index in [1.807, 2.05) is 44.7 Å². The van der Waals surface area contributed by atoms with Crippen molar-refractivity contribution in [2.45, 2.75) is 46.0 Å². The number of hydrogen-bond acceptors (Lipinski definition) is 4. The lowest BCUT2D eigenvalue weighted by Gasteiger charge is -2.27. The molecule has 0 saturated carbocycles. The van der Waals surface area contributed by atoms with Crippen LogP contribution in [-0.4, -0.2) is 27.8 Å². The molecule has 0 aliphatic rings. The highest BCUT2D eigenvalue weighted by atomic mass is 35.5. The first-order valence-corrected chi connectivity index (χ1v) is 9.93. The van der Waals surface area contributed by atoms with Crippen LogP contribution in [0.4, 0.5) is 0 Å². The van der Waals surface area contributed by atoms with Gasteiger partial charge in [0.25, 0.3) is 0 Å². The van der Waals surface area contributed by atoms with Crippen molar-refractivity contribution < 1.29 is 9.32 Å². The largest absolute Gasteiger partial charge is 0.361 e. The van der Waals surface area contributed by atoms with Crippen molar-refractivity contribution in [2.75, 3.05) is 5.75 Å². The summed E-state index contributed by atoms with van der Waals surface area (Å²) in [6, 6.07) is 5.56.